The number of carboxylic acid groups (broad SMARTS) is 1. The second-order valence-electron chi connectivity index (χ2n) is 8.78. The number of nitrogens with one attached hydrogen (secondary N) is 1. The van der Waals surface area contributed by atoms with Gasteiger partial charge in [0.15, 0.2) is 5.75 Å². The molecule has 3 unspecified atom stereocenters. The lowest BCUT2D eigenvalue weighted by Gasteiger charge is -2.28. The van der Waals surface area contributed by atoms with Crippen LogP contribution in [-0.4, -0.2) is 42.0 Å². The molecule has 0 saturated carbocycles. The third-order valence-electron chi connectivity index (χ3n) is 6.82. The molecule has 2 aromatic carbocycles. The molecular formula is C25H23ClF3N3O4. The Morgan fingerprint density at radius 1 is 1.11 bits per heavy atom. The van der Waals surface area contributed by atoms with Gasteiger partial charge >= 0.3 is 6.16 Å². The average Bonchev–Trinajstić information content (AvgIpc) is 3.25. The van der Waals surface area contributed by atoms with Gasteiger partial charge in [-0.1, -0.05) is 12.2 Å². The lowest BCUT2D eigenvalue weighted by molar-refractivity contribution is 0.144. The number of hydrogen-bond acceptors (Lipinski definition) is 5. The van der Waals surface area contributed by atoms with E-state index in [0.717, 1.165) is 30.8 Å². The van der Waals surface area contributed by atoms with Crippen LogP contribution in [-0.2, 0) is 0 Å². The lowest BCUT2D eigenvalue weighted by Crippen LogP contribution is -2.38. The van der Waals surface area contributed by atoms with Crippen LogP contribution in [0.4, 0.5) is 23.7 Å². The molecule has 2 aliphatic rings. The van der Waals surface area contributed by atoms with Crippen LogP contribution in [0.15, 0.2) is 53.5 Å². The number of aromatic nitrogens is 1. The number of carbonyl (C=O) groups is 1. The molecule has 0 radical (unpaired) electrons. The lowest BCUT2D eigenvalue weighted by atomic mass is 9.82. The Hall–Kier alpha value is -3.50. The summed E-state index contributed by atoms with van der Waals surface area (Å²) in [4.78, 5) is 25.9. The van der Waals surface area contributed by atoms with E-state index < -0.39 is 34.8 Å². The number of allylic oxidation sites excluding steroid dienone is 1. The van der Waals surface area contributed by atoms with Gasteiger partial charge in [0, 0.05) is 31.1 Å². The van der Waals surface area contributed by atoms with E-state index >= 15 is 4.39 Å². The molecule has 3 atom stereocenters. The maximum atomic E-state index is 15.4. The van der Waals surface area contributed by atoms with Gasteiger partial charge in [0.1, 0.15) is 17.5 Å². The first-order valence-corrected chi connectivity index (χ1v) is 11.1. The molecular weight excluding hydrogens is 499 g/mol. The summed E-state index contributed by atoms with van der Waals surface area (Å²) >= 11 is 0. The van der Waals surface area contributed by atoms with Crippen molar-refractivity contribution in [3.63, 3.8) is 0 Å². The Labute approximate surface area is 210 Å². The summed E-state index contributed by atoms with van der Waals surface area (Å²) in [6.07, 6.45) is 4.36. The zero-order chi connectivity index (χ0) is 24.9. The van der Waals surface area contributed by atoms with E-state index in [1.165, 1.54) is 10.6 Å². The fourth-order valence-corrected chi connectivity index (χ4v) is 5.20. The second-order valence-corrected chi connectivity index (χ2v) is 8.78. The molecule has 1 aliphatic heterocycles. The van der Waals surface area contributed by atoms with Gasteiger partial charge in [0.2, 0.25) is 5.43 Å². The second kappa shape index (κ2) is 9.87. The van der Waals surface area contributed by atoms with Gasteiger partial charge in [-0.3, -0.25) is 4.79 Å². The molecule has 2 heterocycles. The Kier molecular flexibility index (Phi) is 7.01. The van der Waals surface area contributed by atoms with Gasteiger partial charge in [-0.05, 0) is 43.7 Å². The minimum absolute atomic E-state index is 0. The summed E-state index contributed by atoms with van der Waals surface area (Å²) in [5.41, 5.74) is -0.642. The predicted molar refractivity (Wildman–Crippen MR) is 131 cm³/mol. The third kappa shape index (κ3) is 4.42. The average molecular weight is 522 g/mol. The summed E-state index contributed by atoms with van der Waals surface area (Å²) in [6.45, 7) is 1.18. The number of pyridine rings is 1. The highest BCUT2D eigenvalue weighted by molar-refractivity contribution is 5.86. The zero-order valence-corrected chi connectivity index (χ0v) is 19.9. The minimum Gasteiger partial charge on any atom is -0.449 e. The predicted octanol–water partition coefficient (Wildman–Crippen LogP) is 4.49. The molecule has 1 fully saturated rings. The molecule has 3 aromatic rings. The zero-order valence-electron chi connectivity index (χ0n) is 19.1. The van der Waals surface area contributed by atoms with Crippen molar-refractivity contribution in [2.24, 2.45) is 11.8 Å². The number of fused-ring (bicyclic) bond motifs is 2. The van der Waals surface area contributed by atoms with Crippen molar-refractivity contribution < 1.29 is 27.8 Å². The molecule has 2 N–H and O–H groups in total. The van der Waals surface area contributed by atoms with E-state index in [9.17, 15) is 18.4 Å². The number of rotatable bonds is 4. The van der Waals surface area contributed by atoms with Gasteiger partial charge in [-0.2, -0.15) is 0 Å². The van der Waals surface area contributed by atoms with Gasteiger partial charge < -0.3 is 24.6 Å². The number of ether oxygens (including phenoxy) is 1. The van der Waals surface area contributed by atoms with E-state index in [4.69, 9.17) is 5.11 Å². The standard InChI is InChI=1S/C25H22F3N3O4.ClH/c1-29-19-4-2-3-13-10-30(11-16(13)19)22-9-21-15(8-18(22)28)24(32)23(35-25(33)34)12-31(21)20-6-5-14(26)7-17(20)27;/h2,4-9,12-13,16,19,29H,3,10-11H2,1H3,(H,33,34);1H. The summed E-state index contributed by atoms with van der Waals surface area (Å²) in [7, 11) is 1.88. The summed E-state index contributed by atoms with van der Waals surface area (Å²) in [5, 5.41) is 12.1. The van der Waals surface area contributed by atoms with Crippen LogP contribution in [0, 0.1) is 29.3 Å². The molecule has 1 saturated heterocycles. The highest BCUT2D eigenvalue weighted by Crippen LogP contribution is 2.38. The van der Waals surface area contributed by atoms with Crippen molar-refractivity contribution in [3.05, 3.63) is 76.4 Å². The Bertz CT molecular complexity index is 1430. The molecule has 11 heteroatoms. The number of likely N-dealkylation sites (N-methyl/N-ethyl adjacent to an activating group) is 1. The highest BCUT2D eigenvalue weighted by Gasteiger charge is 2.38. The van der Waals surface area contributed by atoms with Gasteiger partial charge in [-0.15, -0.1) is 12.4 Å². The number of halogens is 4. The molecule has 0 bridgehead atoms. The van der Waals surface area contributed by atoms with Crippen LogP contribution in [0.25, 0.3) is 16.6 Å². The van der Waals surface area contributed by atoms with Crippen LogP contribution in [0.5, 0.6) is 5.75 Å². The Morgan fingerprint density at radius 2 is 1.86 bits per heavy atom. The Balaban J connectivity index is 0.00000304. The van der Waals surface area contributed by atoms with Crippen molar-refractivity contribution in [1.29, 1.82) is 0 Å². The first-order chi connectivity index (χ1) is 16.8. The van der Waals surface area contributed by atoms with Crippen molar-refractivity contribution >= 4 is 35.2 Å². The first-order valence-electron chi connectivity index (χ1n) is 11.1. The molecule has 1 aliphatic carbocycles. The Morgan fingerprint density at radius 3 is 2.56 bits per heavy atom. The number of hydrogen-bond donors (Lipinski definition) is 2. The van der Waals surface area contributed by atoms with E-state index in [0.29, 0.717) is 25.1 Å². The molecule has 5 rings (SSSR count). The van der Waals surface area contributed by atoms with Crippen molar-refractivity contribution in [3.8, 4) is 11.4 Å². The van der Waals surface area contributed by atoms with E-state index in [-0.39, 0.29) is 46.6 Å². The molecule has 7 nitrogen and oxygen atoms in total. The van der Waals surface area contributed by atoms with Crippen LogP contribution < -0.4 is 20.4 Å². The molecule has 0 spiro atoms. The maximum Gasteiger partial charge on any atom is 0.511 e. The van der Waals surface area contributed by atoms with Gasteiger partial charge in [0.25, 0.3) is 0 Å². The minimum atomic E-state index is -1.75. The third-order valence-corrected chi connectivity index (χ3v) is 6.82. The SMILES string of the molecule is CNC1C=CCC2CN(c3cc4c(cc3F)c(=O)c(OC(=O)O)cn4-c3ccc(F)cc3F)CC21.Cl. The number of benzene rings is 2. The van der Waals surface area contributed by atoms with E-state index in [2.05, 4.69) is 22.2 Å². The van der Waals surface area contributed by atoms with E-state index in [1.807, 2.05) is 11.9 Å². The van der Waals surface area contributed by atoms with Crippen LogP contribution in [0.3, 0.4) is 0 Å². The van der Waals surface area contributed by atoms with Gasteiger partial charge in [-0.25, -0.2) is 18.0 Å². The van der Waals surface area contributed by atoms with Crippen LogP contribution in [0.1, 0.15) is 6.42 Å². The molecule has 190 valence electrons. The molecule has 0 amide bonds. The molecule has 36 heavy (non-hydrogen) atoms. The number of anilines is 1. The topological polar surface area (TPSA) is 83.8 Å². The van der Waals surface area contributed by atoms with Crippen molar-refractivity contribution in [2.75, 3.05) is 25.0 Å². The van der Waals surface area contributed by atoms with E-state index in [1.54, 1.807) is 0 Å². The normalized spacial score (nSPS) is 20.8. The smallest absolute Gasteiger partial charge is 0.449 e. The van der Waals surface area contributed by atoms with Crippen LogP contribution in [0.2, 0.25) is 0 Å². The highest BCUT2D eigenvalue weighted by atomic mass is 35.5. The summed E-state index contributed by atoms with van der Waals surface area (Å²) in [6, 6.07) is 5.45. The largest absolute Gasteiger partial charge is 0.511 e. The van der Waals surface area contributed by atoms with Crippen molar-refractivity contribution in [1.82, 2.24) is 9.88 Å². The number of nitrogens with zero attached hydrogens (tertiary/aromatic N) is 2. The van der Waals surface area contributed by atoms with Gasteiger partial charge in [0.05, 0.1) is 28.5 Å². The fourth-order valence-electron chi connectivity index (χ4n) is 5.20. The summed E-state index contributed by atoms with van der Waals surface area (Å²) in [5.74, 6) is -2.47. The fraction of sp³-hybridized carbons (Fsp3) is 0.280. The quantitative estimate of drug-likeness (QED) is 0.389. The maximum absolute atomic E-state index is 15.4. The van der Waals surface area contributed by atoms with Crippen LogP contribution >= 0.6 is 12.4 Å². The first kappa shape index (κ1) is 25.6. The molecule has 1 aromatic heterocycles. The monoisotopic (exact) mass is 521 g/mol. The summed E-state index contributed by atoms with van der Waals surface area (Å²) < 4.78 is 49.4. The van der Waals surface area contributed by atoms with Crippen molar-refractivity contribution in [2.45, 2.75) is 12.5 Å².